The van der Waals surface area contributed by atoms with Crippen LogP contribution in [0.2, 0.25) is 5.02 Å². The first-order chi connectivity index (χ1) is 9.59. The highest BCUT2D eigenvalue weighted by Crippen LogP contribution is 2.53. The molecular weight excluding hydrogens is 276 g/mol. The Kier molecular flexibility index (Phi) is 4.82. The summed E-state index contributed by atoms with van der Waals surface area (Å²) in [5.41, 5.74) is 0.715. The van der Waals surface area contributed by atoms with E-state index in [1.807, 2.05) is 6.07 Å². The van der Waals surface area contributed by atoms with Crippen molar-refractivity contribution in [2.75, 3.05) is 14.2 Å². The predicted octanol–water partition coefficient (Wildman–Crippen LogP) is 4.36. The molecule has 3 nitrogen and oxygen atoms in total. The van der Waals surface area contributed by atoms with Crippen molar-refractivity contribution in [3.05, 3.63) is 22.7 Å². The molecule has 1 atom stereocenters. The molecule has 0 radical (unpaired) electrons. The van der Waals surface area contributed by atoms with Crippen LogP contribution >= 0.6 is 11.6 Å². The summed E-state index contributed by atoms with van der Waals surface area (Å²) in [4.78, 5) is 0. The Bertz CT molecular complexity index is 467. The number of aliphatic hydroxyl groups excluding tert-OH is 1. The van der Waals surface area contributed by atoms with Crippen LogP contribution in [0.3, 0.4) is 0 Å². The molecule has 0 heterocycles. The third-order valence-electron chi connectivity index (χ3n) is 4.69. The van der Waals surface area contributed by atoms with E-state index < -0.39 is 6.10 Å². The van der Waals surface area contributed by atoms with Gasteiger partial charge in [-0.25, -0.2) is 0 Å². The number of halogens is 1. The first kappa shape index (κ1) is 15.5. The molecule has 0 bridgehead atoms. The van der Waals surface area contributed by atoms with E-state index in [2.05, 4.69) is 6.92 Å². The Hall–Kier alpha value is -0.930. The van der Waals surface area contributed by atoms with Gasteiger partial charge in [-0.15, -0.1) is 0 Å². The van der Waals surface area contributed by atoms with Gasteiger partial charge in [-0.1, -0.05) is 31.4 Å². The smallest absolute Gasteiger partial charge is 0.147 e. The van der Waals surface area contributed by atoms with E-state index in [0.29, 0.717) is 16.5 Å². The molecule has 112 valence electrons. The Morgan fingerprint density at radius 2 is 1.90 bits per heavy atom. The van der Waals surface area contributed by atoms with Gasteiger partial charge in [-0.3, -0.25) is 0 Å². The van der Waals surface area contributed by atoms with Crippen molar-refractivity contribution in [1.29, 1.82) is 0 Å². The van der Waals surface area contributed by atoms with Gasteiger partial charge in [0.05, 0.1) is 20.3 Å². The minimum absolute atomic E-state index is 0.0504. The summed E-state index contributed by atoms with van der Waals surface area (Å²) in [7, 11) is 3.14. The third-order valence-corrected chi connectivity index (χ3v) is 5.05. The van der Waals surface area contributed by atoms with Gasteiger partial charge < -0.3 is 14.6 Å². The van der Waals surface area contributed by atoms with Crippen LogP contribution in [0.15, 0.2) is 12.1 Å². The van der Waals surface area contributed by atoms with Crippen LogP contribution < -0.4 is 9.47 Å². The maximum absolute atomic E-state index is 10.9. The maximum Gasteiger partial charge on any atom is 0.147 e. The van der Waals surface area contributed by atoms with Crippen molar-refractivity contribution >= 4 is 11.6 Å². The molecule has 0 aromatic heterocycles. The molecule has 0 amide bonds. The van der Waals surface area contributed by atoms with Crippen LogP contribution in [0.25, 0.3) is 0 Å². The summed E-state index contributed by atoms with van der Waals surface area (Å²) in [6, 6.07) is 3.66. The van der Waals surface area contributed by atoms with Crippen LogP contribution in [0, 0.1) is 5.41 Å². The number of rotatable bonds is 5. The summed E-state index contributed by atoms with van der Waals surface area (Å²) < 4.78 is 10.6. The molecule has 1 aliphatic carbocycles. The normalized spacial score (nSPS) is 18.9. The monoisotopic (exact) mass is 298 g/mol. The van der Waals surface area contributed by atoms with Crippen molar-refractivity contribution in [2.45, 2.75) is 45.1 Å². The first-order valence-corrected chi connectivity index (χ1v) is 7.56. The SMILES string of the molecule is CCC1(C(O)c2ccc(OC)c(Cl)c2OC)CCCC1. The van der Waals surface area contributed by atoms with Gasteiger partial charge in [0.25, 0.3) is 0 Å². The van der Waals surface area contributed by atoms with Gasteiger partial charge in [-0.05, 0) is 31.4 Å². The van der Waals surface area contributed by atoms with E-state index in [1.165, 1.54) is 12.8 Å². The zero-order chi connectivity index (χ0) is 14.8. The molecule has 0 aliphatic heterocycles. The van der Waals surface area contributed by atoms with Crippen LogP contribution in [-0.4, -0.2) is 19.3 Å². The Labute approximate surface area is 125 Å². The fraction of sp³-hybridized carbons (Fsp3) is 0.625. The average Bonchev–Trinajstić information content (AvgIpc) is 2.96. The standard InChI is InChI=1S/C16H23ClO3/c1-4-16(9-5-6-10-16)15(18)11-7-8-12(19-2)13(17)14(11)20-3/h7-8,15,18H,4-6,9-10H2,1-3H3. The lowest BCUT2D eigenvalue weighted by molar-refractivity contribution is 0.0220. The molecule has 1 saturated carbocycles. The topological polar surface area (TPSA) is 38.7 Å². The molecule has 0 spiro atoms. The van der Waals surface area contributed by atoms with Crippen molar-refractivity contribution < 1.29 is 14.6 Å². The lowest BCUT2D eigenvalue weighted by Gasteiger charge is -2.34. The number of aliphatic hydroxyl groups is 1. The maximum atomic E-state index is 10.9. The second-order valence-electron chi connectivity index (χ2n) is 5.53. The van der Waals surface area contributed by atoms with Crippen LogP contribution in [0.1, 0.15) is 50.7 Å². The number of methoxy groups -OCH3 is 2. The highest BCUT2D eigenvalue weighted by molar-refractivity contribution is 6.33. The van der Waals surface area contributed by atoms with Crippen LogP contribution in [0.4, 0.5) is 0 Å². The molecule has 1 aromatic carbocycles. The summed E-state index contributed by atoms with van der Waals surface area (Å²) in [6.07, 6.45) is 4.87. The van der Waals surface area contributed by atoms with E-state index in [9.17, 15) is 5.11 Å². The zero-order valence-corrected chi connectivity index (χ0v) is 13.2. The third kappa shape index (κ3) is 2.49. The lowest BCUT2D eigenvalue weighted by Crippen LogP contribution is -2.25. The summed E-state index contributed by atoms with van der Waals surface area (Å²) >= 11 is 6.29. The Morgan fingerprint density at radius 3 is 2.40 bits per heavy atom. The van der Waals surface area contributed by atoms with Gasteiger partial charge >= 0.3 is 0 Å². The minimum Gasteiger partial charge on any atom is -0.495 e. The van der Waals surface area contributed by atoms with E-state index >= 15 is 0 Å². The number of benzene rings is 1. The van der Waals surface area contributed by atoms with Crippen LogP contribution in [0.5, 0.6) is 11.5 Å². The average molecular weight is 299 g/mol. The van der Waals surface area contributed by atoms with Crippen molar-refractivity contribution in [1.82, 2.24) is 0 Å². The van der Waals surface area contributed by atoms with Gasteiger partial charge in [0.15, 0.2) is 0 Å². The zero-order valence-electron chi connectivity index (χ0n) is 12.4. The quantitative estimate of drug-likeness (QED) is 0.877. The van der Waals surface area contributed by atoms with Gasteiger partial charge in [0, 0.05) is 11.0 Å². The fourth-order valence-electron chi connectivity index (χ4n) is 3.36. The second-order valence-corrected chi connectivity index (χ2v) is 5.91. The molecular formula is C16H23ClO3. The number of hydrogen-bond acceptors (Lipinski definition) is 3. The largest absolute Gasteiger partial charge is 0.495 e. The summed E-state index contributed by atoms with van der Waals surface area (Å²) in [6.45, 7) is 2.14. The molecule has 1 N–H and O–H groups in total. The van der Waals surface area contributed by atoms with Crippen molar-refractivity contribution in [2.24, 2.45) is 5.41 Å². The van der Waals surface area contributed by atoms with E-state index in [0.717, 1.165) is 24.8 Å². The van der Waals surface area contributed by atoms with Crippen molar-refractivity contribution in [3.63, 3.8) is 0 Å². The molecule has 1 aromatic rings. The highest BCUT2D eigenvalue weighted by atomic mass is 35.5. The molecule has 2 rings (SSSR count). The predicted molar refractivity (Wildman–Crippen MR) is 80.7 cm³/mol. The molecule has 1 fully saturated rings. The summed E-state index contributed by atoms with van der Waals surface area (Å²) in [5.74, 6) is 1.09. The second kappa shape index (κ2) is 6.23. The van der Waals surface area contributed by atoms with Crippen LogP contribution in [-0.2, 0) is 0 Å². The molecule has 1 unspecified atom stereocenters. The van der Waals surface area contributed by atoms with Gasteiger partial charge in [-0.2, -0.15) is 0 Å². The number of hydrogen-bond donors (Lipinski definition) is 1. The molecule has 20 heavy (non-hydrogen) atoms. The van der Waals surface area contributed by atoms with E-state index in [1.54, 1.807) is 20.3 Å². The Balaban J connectivity index is 2.44. The lowest BCUT2D eigenvalue weighted by atomic mass is 9.75. The fourth-order valence-corrected chi connectivity index (χ4v) is 3.69. The molecule has 1 aliphatic rings. The highest BCUT2D eigenvalue weighted by Gasteiger charge is 2.41. The molecule has 4 heteroatoms. The number of ether oxygens (including phenoxy) is 2. The van der Waals surface area contributed by atoms with E-state index in [-0.39, 0.29) is 5.41 Å². The summed E-state index contributed by atoms with van der Waals surface area (Å²) in [5, 5.41) is 11.3. The Morgan fingerprint density at radius 1 is 1.25 bits per heavy atom. The minimum atomic E-state index is -0.548. The van der Waals surface area contributed by atoms with E-state index in [4.69, 9.17) is 21.1 Å². The van der Waals surface area contributed by atoms with Gasteiger partial charge in [0.1, 0.15) is 16.5 Å². The van der Waals surface area contributed by atoms with Crippen molar-refractivity contribution in [3.8, 4) is 11.5 Å². The first-order valence-electron chi connectivity index (χ1n) is 7.18. The molecule has 0 saturated heterocycles. The van der Waals surface area contributed by atoms with Gasteiger partial charge in [0.2, 0.25) is 0 Å².